The van der Waals surface area contributed by atoms with Crippen molar-refractivity contribution in [1.29, 1.82) is 0 Å². The number of rotatable bonds is 2. The first-order chi connectivity index (χ1) is 5.88. The first-order valence-electron chi connectivity index (χ1n) is 3.24. The van der Waals surface area contributed by atoms with E-state index >= 15 is 0 Å². The van der Waals surface area contributed by atoms with Crippen LogP contribution >= 0.6 is 0 Å². The minimum Gasteiger partial charge on any atom is -0.397 e. The Balaban J connectivity index is 3.08. The number of hydrogen-bond acceptors (Lipinski definition) is 3. The van der Waals surface area contributed by atoms with Crippen molar-refractivity contribution in [3.63, 3.8) is 0 Å². The van der Waals surface area contributed by atoms with E-state index in [1.807, 2.05) is 4.72 Å². The molecule has 5 nitrogen and oxygen atoms in total. The van der Waals surface area contributed by atoms with Gasteiger partial charge in [-0.3, -0.25) is 4.72 Å². The van der Waals surface area contributed by atoms with Crippen LogP contribution in [0.2, 0.25) is 0 Å². The third-order valence-corrected chi connectivity index (χ3v) is 1.77. The van der Waals surface area contributed by atoms with Gasteiger partial charge < -0.3 is 5.73 Å². The fourth-order valence-electron chi connectivity index (χ4n) is 0.770. The van der Waals surface area contributed by atoms with Gasteiger partial charge in [0.05, 0.1) is 11.4 Å². The molecular formula is C6H8FN3O2S. The summed E-state index contributed by atoms with van der Waals surface area (Å²) in [6, 6.07) is 3.30. The summed E-state index contributed by atoms with van der Waals surface area (Å²) in [5, 5.41) is 4.67. The van der Waals surface area contributed by atoms with Crippen LogP contribution in [0.25, 0.3) is 0 Å². The lowest BCUT2D eigenvalue weighted by molar-refractivity contribution is 0.602. The van der Waals surface area contributed by atoms with Crippen LogP contribution in [0.4, 0.5) is 15.8 Å². The van der Waals surface area contributed by atoms with Crippen molar-refractivity contribution in [2.45, 2.75) is 0 Å². The lowest BCUT2D eigenvalue weighted by atomic mass is 10.3. The molecule has 0 saturated heterocycles. The molecule has 1 aromatic rings. The summed E-state index contributed by atoms with van der Waals surface area (Å²) in [6.07, 6.45) is 0. The standard InChI is InChI=1S/C6H8FN3O2S/c7-4-1-2-5(8)6(3-4)10-13(9,11)12/h1-3,10H,8H2,(H2,9,11,12). The van der Waals surface area contributed by atoms with E-state index in [1.54, 1.807) is 0 Å². The SMILES string of the molecule is Nc1ccc(F)cc1NS(N)(=O)=O. The van der Waals surface area contributed by atoms with Crippen LogP contribution in [0.15, 0.2) is 18.2 Å². The molecule has 0 aromatic heterocycles. The summed E-state index contributed by atoms with van der Waals surface area (Å²) >= 11 is 0. The fraction of sp³-hybridized carbons (Fsp3) is 0. The number of nitrogens with one attached hydrogen (secondary N) is 1. The second-order valence-electron chi connectivity index (χ2n) is 2.38. The molecule has 0 fully saturated rings. The van der Waals surface area contributed by atoms with E-state index < -0.39 is 16.0 Å². The zero-order valence-corrected chi connectivity index (χ0v) is 7.31. The summed E-state index contributed by atoms with van der Waals surface area (Å²) in [7, 11) is -3.91. The van der Waals surface area contributed by atoms with Crippen molar-refractivity contribution < 1.29 is 12.8 Å². The zero-order chi connectivity index (χ0) is 10.1. The summed E-state index contributed by atoms with van der Waals surface area (Å²) in [6.45, 7) is 0. The number of nitrogen functional groups attached to an aromatic ring is 1. The van der Waals surface area contributed by atoms with Crippen LogP contribution < -0.4 is 15.6 Å². The average molecular weight is 205 g/mol. The number of nitrogens with two attached hydrogens (primary N) is 2. The lowest BCUT2D eigenvalue weighted by Gasteiger charge is -2.06. The van der Waals surface area contributed by atoms with Crippen LogP contribution in [0.5, 0.6) is 0 Å². The number of anilines is 2. The second kappa shape index (κ2) is 3.19. The Bertz CT molecular complexity index is 418. The smallest absolute Gasteiger partial charge is 0.296 e. The number of benzene rings is 1. The Hall–Kier alpha value is -1.34. The zero-order valence-electron chi connectivity index (χ0n) is 6.49. The van der Waals surface area contributed by atoms with Gasteiger partial charge in [0.2, 0.25) is 0 Å². The molecule has 13 heavy (non-hydrogen) atoms. The Morgan fingerprint density at radius 3 is 2.54 bits per heavy atom. The van der Waals surface area contributed by atoms with Crippen LogP contribution in [0, 0.1) is 5.82 Å². The van der Waals surface area contributed by atoms with E-state index in [2.05, 4.69) is 5.14 Å². The molecule has 1 aromatic carbocycles. The Morgan fingerprint density at radius 1 is 1.38 bits per heavy atom. The normalized spacial score (nSPS) is 11.2. The molecule has 0 aliphatic rings. The minimum atomic E-state index is -3.91. The maximum absolute atomic E-state index is 12.6. The van der Waals surface area contributed by atoms with Gasteiger partial charge in [-0.25, -0.2) is 9.53 Å². The topological polar surface area (TPSA) is 98.2 Å². The highest BCUT2D eigenvalue weighted by Crippen LogP contribution is 2.19. The number of hydrogen-bond donors (Lipinski definition) is 3. The Kier molecular flexibility index (Phi) is 2.39. The maximum Gasteiger partial charge on any atom is 0.296 e. The van der Waals surface area contributed by atoms with Crippen LogP contribution in [0.1, 0.15) is 0 Å². The first kappa shape index (κ1) is 9.75. The minimum absolute atomic E-state index is 0.0671. The van der Waals surface area contributed by atoms with E-state index in [4.69, 9.17) is 5.73 Å². The van der Waals surface area contributed by atoms with Gasteiger partial charge in [0.15, 0.2) is 0 Å². The van der Waals surface area contributed by atoms with E-state index in [1.165, 1.54) is 6.07 Å². The van der Waals surface area contributed by atoms with Gasteiger partial charge in [0, 0.05) is 6.07 Å². The third-order valence-electron chi connectivity index (χ3n) is 1.27. The van der Waals surface area contributed by atoms with Gasteiger partial charge in [-0.15, -0.1) is 0 Å². The molecule has 0 bridgehead atoms. The molecule has 0 aliphatic heterocycles. The van der Waals surface area contributed by atoms with Crippen LogP contribution in [0.3, 0.4) is 0 Å². The highest BCUT2D eigenvalue weighted by molar-refractivity contribution is 7.90. The predicted molar refractivity (Wildman–Crippen MR) is 47.5 cm³/mol. The largest absolute Gasteiger partial charge is 0.397 e. The lowest BCUT2D eigenvalue weighted by Crippen LogP contribution is -2.22. The van der Waals surface area contributed by atoms with Gasteiger partial charge in [0.25, 0.3) is 10.2 Å². The quantitative estimate of drug-likeness (QED) is 0.594. The monoisotopic (exact) mass is 205 g/mol. The molecular weight excluding hydrogens is 197 g/mol. The third kappa shape index (κ3) is 2.88. The van der Waals surface area contributed by atoms with E-state index in [9.17, 15) is 12.8 Å². The second-order valence-corrected chi connectivity index (χ2v) is 3.67. The van der Waals surface area contributed by atoms with E-state index in [-0.39, 0.29) is 11.4 Å². The van der Waals surface area contributed by atoms with Crippen molar-refractivity contribution >= 4 is 21.6 Å². The molecule has 0 radical (unpaired) electrons. The van der Waals surface area contributed by atoms with Crippen molar-refractivity contribution in [3.05, 3.63) is 24.0 Å². The van der Waals surface area contributed by atoms with Crippen LogP contribution in [-0.4, -0.2) is 8.42 Å². The van der Waals surface area contributed by atoms with Crippen molar-refractivity contribution in [1.82, 2.24) is 0 Å². The number of halogens is 1. The van der Waals surface area contributed by atoms with Gasteiger partial charge in [0.1, 0.15) is 5.82 Å². The van der Waals surface area contributed by atoms with Crippen molar-refractivity contribution in [3.8, 4) is 0 Å². The average Bonchev–Trinajstić information content (AvgIpc) is 1.94. The highest BCUT2D eigenvalue weighted by atomic mass is 32.2. The van der Waals surface area contributed by atoms with Gasteiger partial charge in [-0.2, -0.15) is 8.42 Å². The molecule has 5 N–H and O–H groups in total. The molecule has 0 unspecified atom stereocenters. The van der Waals surface area contributed by atoms with E-state index in [0.717, 1.165) is 12.1 Å². The van der Waals surface area contributed by atoms with Gasteiger partial charge in [-0.1, -0.05) is 0 Å². The summed E-state index contributed by atoms with van der Waals surface area (Å²) in [4.78, 5) is 0. The molecule has 0 heterocycles. The predicted octanol–water partition coefficient (Wildman–Crippen LogP) is 0.0233. The van der Waals surface area contributed by atoms with Gasteiger partial charge in [-0.05, 0) is 12.1 Å². The molecule has 72 valence electrons. The Labute approximate surface area is 74.7 Å². The molecule has 0 amide bonds. The maximum atomic E-state index is 12.6. The molecule has 0 spiro atoms. The van der Waals surface area contributed by atoms with Gasteiger partial charge >= 0.3 is 0 Å². The molecule has 0 aliphatic carbocycles. The summed E-state index contributed by atoms with van der Waals surface area (Å²) < 4.78 is 35.6. The molecule has 0 saturated carbocycles. The van der Waals surface area contributed by atoms with E-state index in [0.29, 0.717) is 0 Å². The fourth-order valence-corrected chi connectivity index (χ4v) is 1.25. The molecule has 7 heteroatoms. The van der Waals surface area contributed by atoms with Crippen LogP contribution in [-0.2, 0) is 10.2 Å². The molecule has 0 atom stereocenters. The molecule has 1 rings (SSSR count). The summed E-state index contributed by atoms with van der Waals surface area (Å²) in [5.41, 5.74) is 5.39. The van der Waals surface area contributed by atoms with Crippen molar-refractivity contribution in [2.24, 2.45) is 5.14 Å². The summed E-state index contributed by atoms with van der Waals surface area (Å²) in [5.74, 6) is -0.597. The van der Waals surface area contributed by atoms with Crippen molar-refractivity contribution in [2.75, 3.05) is 10.5 Å². The highest BCUT2D eigenvalue weighted by Gasteiger charge is 2.06. The Morgan fingerprint density at radius 2 is 2.00 bits per heavy atom. The first-order valence-corrected chi connectivity index (χ1v) is 4.79.